The molecular formula is C26H28N4O4. The number of ether oxygens (including phenoxy) is 2. The Kier molecular flexibility index (Phi) is 7.37. The van der Waals surface area contributed by atoms with Crippen LogP contribution in [0, 0.1) is 17.2 Å². The van der Waals surface area contributed by atoms with Gasteiger partial charge in [-0.2, -0.15) is 10.4 Å². The Hall–Kier alpha value is -4.12. The number of hydrogen-bond donors (Lipinski definition) is 1. The van der Waals surface area contributed by atoms with Gasteiger partial charge in [-0.1, -0.05) is 44.2 Å². The monoisotopic (exact) mass is 460 g/mol. The molecule has 0 aliphatic rings. The zero-order valence-corrected chi connectivity index (χ0v) is 19.9. The van der Waals surface area contributed by atoms with Crippen molar-refractivity contribution in [2.75, 3.05) is 7.11 Å². The largest absolute Gasteiger partial charge is 0.497 e. The highest BCUT2D eigenvalue weighted by molar-refractivity contribution is 5.97. The van der Waals surface area contributed by atoms with Crippen LogP contribution in [0.5, 0.6) is 5.75 Å². The number of carbonyl (C=O) groups excluding carboxylic acids is 2. The minimum atomic E-state index is -1.11. The van der Waals surface area contributed by atoms with E-state index in [-0.39, 0.29) is 11.5 Å². The molecule has 0 aliphatic heterocycles. The predicted octanol–water partition coefficient (Wildman–Crippen LogP) is 4.15. The summed E-state index contributed by atoms with van der Waals surface area (Å²) in [5.41, 5.74) is 0.933. The van der Waals surface area contributed by atoms with Crippen LogP contribution < -0.4 is 10.1 Å². The maximum Gasteiger partial charge on any atom is 0.342 e. The standard InChI is InChI=1S/C26H28N4O4/c1-17(2)26(4,16-27)28-24(31)18(3)34-25(32)22-15-30(20-11-7-6-8-12-20)29-23(22)19-10-9-13-21(14-19)33-5/h6-15,17-18H,1-5H3,(H,28,31). The molecule has 2 aromatic carbocycles. The third-order valence-electron chi connectivity index (χ3n) is 5.72. The summed E-state index contributed by atoms with van der Waals surface area (Å²) in [6.45, 7) is 6.77. The number of carbonyl (C=O) groups is 2. The Morgan fingerprint density at radius 2 is 1.82 bits per heavy atom. The quantitative estimate of drug-likeness (QED) is 0.506. The summed E-state index contributed by atoms with van der Waals surface area (Å²) in [7, 11) is 1.56. The average molecular weight is 461 g/mol. The van der Waals surface area contributed by atoms with Crippen molar-refractivity contribution in [3.8, 4) is 28.8 Å². The van der Waals surface area contributed by atoms with Gasteiger partial charge in [-0.3, -0.25) is 4.79 Å². The fourth-order valence-electron chi connectivity index (χ4n) is 3.16. The predicted molar refractivity (Wildman–Crippen MR) is 127 cm³/mol. The molecule has 3 aromatic rings. The number of esters is 1. The molecule has 0 aliphatic carbocycles. The molecule has 3 rings (SSSR count). The average Bonchev–Trinajstić information content (AvgIpc) is 3.30. The minimum Gasteiger partial charge on any atom is -0.497 e. The van der Waals surface area contributed by atoms with Crippen molar-refractivity contribution >= 4 is 11.9 Å². The zero-order chi connectivity index (χ0) is 24.9. The van der Waals surface area contributed by atoms with Crippen molar-refractivity contribution in [3.63, 3.8) is 0 Å². The van der Waals surface area contributed by atoms with Crippen molar-refractivity contribution in [2.45, 2.75) is 39.3 Å². The van der Waals surface area contributed by atoms with Gasteiger partial charge in [0.15, 0.2) is 6.10 Å². The topological polar surface area (TPSA) is 106 Å². The zero-order valence-electron chi connectivity index (χ0n) is 19.9. The normalized spacial score (nSPS) is 13.4. The van der Waals surface area contributed by atoms with Crippen LogP contribution in [-0.4, -0.2) is 40.4 Å². The summed E-state index contributed by atoms with van der Waals surface area (Å²) in [5, 5.41) is 16.8. The van der Waals surface area contributed by atoms with E-state index in [1.54, 1.807) is 43.1 Å². The molecular weight excluding hydrogens is 432 g/mol. The first-order valence-electron chi connectivity index (χ1n) is 10.9. The summed E-state index contributed by atoms with van der Waals surface area (Å²) in [6, 6.07) is 18.6. The Labute approximate surface area is 199 Å². The highest BCUT2D eigenvalue weighted by Crippen LogP contribution is 2.28. The number of nitrogens with one attached hydrogen (secondary N) is 1. The van der Waals surface area contributed by atoms with Gasteiger partial charge in [-0.15, -0.1) is 0 Å². The van der Waals surface area contributed by atoms with Gasteiger partial charge in [0.2, 0.25) is 0 Å². The van der Waals surface area contributed by atoms with Gasteiger partial charge >= 0.3 is 5.97 Å². The lowest BCUT2D eigenvalue weighted by molar-refractivity contribution is -0.130. The third-order valence-corrected chi connectivity index (χ3v) is 5.72. The van der Waals surface area contributed by atoms with Crippen LogP contribution >= 0.6 is 0 Å². The molecule has 1 amide bonds. The van der Waals surface area contributed by atoms with E-state index in [1.807, 2.05) is 50.2 Å². The first-order valence-corrected chi connectivity index (χ1v) is 10.9. The molecule has 0 saturated heterocycles. The first kappa shape index (κ1) is 24.5. The molecule has 0 radical (unpaired) electrons. The number of nitrogens with zero attached hydrogens (tertiary/aromatic N) is 3. The second kappa shape index (κ2) is 10.2. The maximum atomic E-state index is 13.2. The Balaban J connectivity index is 1.92. The van der Waals surface area contributed by atoms with Crippen molar-refractivity contribution < 1.29 is 19.1 Å². The number of nitriles is 1. The van der Waals surface area contributed by atoms with Gasteiger partial charge in [-0.05, 0) is 44.0 Å². The molecule has 0 spiro atoms. The van der Waals surface area contributed by atoms with Crippen LogP contribution in [-0.2, 0) is 9.53 Å². The fraction of sp³-hybridized carbons (Fsp3) is 0.308. The van der Waals surface area contributed by atoms with E-state index >= 15 is 0 Å². The lowest BCUT2D eigenvalue weighted by atomic mass is 9.90. The molecule has 0 bridgehead atoms. The van der Waals surface area contributed by atoms with Gasteiger partial charge in [0.25, 0.3) is 5.91 Å². The van der Waals surface area contributed by atoms with Crippen molar-refractivity contribution in [3.05, 3.63) is 66.4 Å². The van der Waals surface area contributed by atoms with Crippen LogP contribution in [0.2, 0.25) is 0 Å². The van der Waals surface area contributed by atoms with E-state index in [0.717, 1.165) is 5.69 Å². The molecule has 1 aromatic heterocycles. The second-order valence-electron chi connectivity index (χ2n) is 8.41. The van der Waals surface area contributed by atoms with E-state index in [1.165, 1.54) is 6.92 Å². The summed E-state index contributed by atoms with van der Waals surface area (Å²) < 4.78 is 12.4. The molecule has 0 fully saturated rings. The number of para-hydroxylation sites is 1. The fourth-order valence-corrected chi connectivity index (χ4v) is 3.16. The van der Waals surface area contributed by atoms with Crippen LogP contribution in [0.15, 0.2) is 60.8 Å². The smallest absolute Gasteiger partial charge is 0.342 e. The highest BCUT2D eigenvalue weighted by atomic mass is 16.5. The van der Waals surface area contributed by atoms with E-state index in [0.29, 0.717) is 17.0 Å². The van der Waals surface area contributed by atoms with Gasteiger partial charge in [0.1, 0.15) is 22.5 Å². The van der Waals surface area contributed by atoms with Crippen LogP contribution in [0.3, 0.4) is 0 Å². The molecule has 1 N–H and O–H groups in total. The first-order chi connectivity index (χ1) is 16.2. The molecule has 8 nitrogen and oxygen atoms in total. The van der Waals surface area contributed by atoms with Crippen molar-refractivity contribution in [1.29, 1.82) is 5.26 Å². The third kappa shape index (κ3) is 5.26. The Morgan fingerprint density at radius 3 is 2.44 bits per heavy atom. The number of rotatable bonds is 8. The summed E-state index contributed by atoms with van der Waals surface area (Å²) in [6.07, 6.45) is 0.460. The lowest BCUT2D eigenvalue weighted by Crippen LogP contribution is -2.52. The molecule has 1 heterocycles. The van der Waals surface area contributed by atoms with E-state index in [4.69, 9.17) is 9.47 Å². The van der Waals surface area contributed by atoms with E-state index < -0.39 is 23.5 Å². The molecule has 176 valence electrons. The Bertz CT molecular complexity index is 1210. The van der Waals surface area contributed by atoms with Gasteiger partial charge in [0, 0.05) is 11.8 Å². The molecule has 0 saturated carbocycles. The van der Waals surface area contributed by atoms with E-state index in [2.05, 4.69) is 16.5 Å². The maximum absolute atomic E-state index is 13.2. The van der Waals surface area contributed by atoms with Gasteiger partial charge < -0.3 is 14.8 Å². The molecule has 8 heteroatoms. The van der Waals surface area contributed by atoms with E-state index in [9.17, 15) is 14.9 Å². The summed E-state index contributed by atoms with van der Waals surface area (Å²) in [5.74, 6) is -0.772. The van der Waals surface area contributed by atoms with Crippen molar-refractivity contribution in [1.82, 2.24) is 15.1 Å². The second-order valence-corrected chi connectivity index (χ2v) is 8.41. The molecule has 34 heavy (non-hydrogen) atoms. The number of hydrogen-bond acceptors (Lipinski definition) is 6. The molecule has 2 unspecified atom stereocenters. The minimum absolute atomic E-state index is 0.131. The lowest BCUT2D eigenvalue weighted by Gasteiger charge is -2.28. The number of amides is 1. The SMILES string of the molecule is COc1cccc(-c2nn(-c3ccccc3)cc2C(=O)OC(C)C(=O)NC(C)(C#N)C(C)C)c1. The van der Waals surface area contributed by atoms with Crippen LogP contribution in [0.25, 0.3) is 16.9 Å². The van der Waals surface area contributed by atoms with Crippen LogP contribution in [0.1, 0.15) is 38.1 Å². The molecule has 2 atom stereocenters. The van der Waals surface area contributed by atoms with Crippen molar-refractivity contribution in [2.24, 2.45) is 5.92 Å². The van der Waals surface area contributed by atoms with Gasteiger partial charge in [0.05, 0.1) is 18.9 Å². The number of methoxy groups -OCH3 is 1. The summed E-state index contributed by atoms with van der Waals surface area (Å²) >= 11 is 0. The summed E-state index contributed by atoms with van der Waals surface area (Å²) in [4.78, 5) is 25.8. The van der Waals surface area contributed by atoms with Crippen LogP contribution in [0.4, 0.5) is 0 Å². The van der Waals surface area contributed by atoms with Gasteiger partial charge in [-0.25, -0.2) is 9.48 Å². The Morgan fingerprint density at radius 1 is 1.12 bits per heavy atom. The number of aromatic nitrogens is 2. The highest BCUT2D eigenvalue weighted by Gasteiger charge is 2.33. The number of benzene rings is 2.